The zero-order chi connectivity index (χ0) is 22.8. The zero-order valence-electron chi connectivity index (χ0n) is 19.0. The fourth-order valence-corrected chi connectivity index (χ4v) is 4.39. The van der Waals surface area contributed by atoms with Crippen molar-refractivity contribution in [3.63, 3.8) is 0 Å². The first kappa shape index (κ1) is 20.9. The van der Waals surface area contributed by atoms with Crippen molar-refractivity contribution in [3.05, 3.63) is 72.8 Å². The van der Waals surface area contributed by atoms with Crippen molar-refractivity contribution in [1.82, 2.24) is 14.5 Å². The maximum atomic E-state index is 12.8. The molecule has 1 amide bonds. The highest BCUT2D eigenvalue weighted by Crippen LogP contribution is 2.28. The Labute approximate surface area is 192 Å². The van der Waals surface area contributed by atoms with E-state index in [-0.39, 0.29) is 5.91 Å². The molecular weight excluding hydrogens is 410 g/mol. The molecule has 6 heteroatoms. The third-order valence-electron chi connectivity index (χ3n) is 6.10. The molecule has 5 aromatic rings. The van der Waals surface area contributed by atoms with Crippen LogP contribution in [0.2, 0.25) is 0 Å². The first-order chi connectivity index (χ1) is 16.2. The van der Waals surface area contributed by atoms with Gasteiger partial charge in [-0.3, -0.25) is 4.79 Å². The Hall–Kier alpha value is -3.93. The van der Waals surface area contributed by atoms with Crippen molar-refractivity contribution < 1.29 is 4.79 Å². The summed E-state index contributed by atoms with van der Waals surface area (Å²) in [5.41, 5.74) is 6.42. The Morgan fingerprint density at radius 1 is 0.879 bits per heavy atom. The fourth-order valence-electron chi connectivity index (χ4n) is 4.39. The molecule has 166 valence electrons. The number of aryl methyl sites for hydroxylation is 1. The minimum atomic E-state index is -0.0229. The van der Waals surface area contributed by atoms with Crippen molar-refractivity contribution in [2.24, 2.45) is 0 Å². The molecule has 1 N–H and O–H groups in total. The summed E-state index contributed by atoms with van der Waals surface area (Å²) >= 11 is 0. The number of anilines is 2. The summed E-state index contributed by atoms with van der Waals surface area (Å²) in [6.45, 7) is 6.72. The molecule has 3 aromatic carbocycles. The van der Waals surface area contributed by atoms with E-state index in [9.17, 15) is 4.79 Å². The van der Waals surface area contributed by atoms with Crippen LogP contribution in [0.1, 0.15) is 20.3 Å². The van der Waals surface area contributed by atoms with Gasteiger partial charge >= 0.3 is 0 Å². The third-order valence-corrected chi connectivity index (χ3v) is 6.10. The first-order valence-electron chi connectivity index (χ1n) is 11.5. The van der Waals surface area contributed by atoms with Gasteiger partial charge in [-0.25, -0.2) is 9.97 Å². The third kappa shape index (κ3) is 4.00. The molecular formula is C27H27N5O. The number of hydrogen-bond acceptors (Lipinski definition) is 4. The molecule has 0 aliphatic heterocycles. The quantitative estimate of drug-likeness (QED) is 0.359. The normalized spacial score (nSPS) is 11.3. The monoisotopic (exact) mass is 437 g/mol. The summed E-state index contributed by atoms with van der Waals surface area (Å²) < 4.78 is 2.10. The molecule has 0 saturated carbocycles. The lowest BCUT2D eigenvalue weighted by Gasteiger charge is -2.21. The Morgan fingerprint density at radius 3 is 2.27 bits per heavy atom. The molecule has 0 fully saturated rings. The van der Waals surface area contributed by atoms with Crippen molar-refractivity contribution >= 4 is 50.4 Å². The van der Waals surface area contributed by atoms with E-state index in [0.29, 0.717) is 13.0 Å². The lowest BCUT2D eigenvalue weighted by atomic mass is 10.2. The van der Waals surface area contributed by atoms with E-state index in [2.05, 4.69) is 52.9 Å². The molecule has 0 unspecified atom stereocenters. The van der Waals surface area contributed by atoms with E-state index in [0.717, 1.165) is 57.6 Å². The van der Waals surface area contributed by atoms with Gasteiger partial charge in [0.2, 0.25) is 5.91 Å². The van der Waals surface area contributed by atoms with Gasteiger partial charge in [0.05, 0.1) is 16.6 Å². The number of amides is 1. The predicted octanol–water partition coefficient (Wildman–Crippen LogP) is 5.61. The number of aromatic nitrogens is 3. The molecule has 6 nitrogen and oxygen atoms in total. The maximum absolute atomic E-state index is 12.8. The second-order valence-corrected chi connectivity index (χ2v) is 8.07. The van der Waals surface area contributed by atoms with Crippen LogP contribution < -0.4 is 10.2 Å². The molecule has 5 rings (SSSR count). The van der Waals surface area contributed by atoms with Crippen LogP contribution in [0.15, 0.2) is 72.8 Å². The molecule has 0 aliphatic carbocycles. The van der Waals surface area contributed by atoms with E-state index in [1.807, 2.05) is 48.5 Å². The van der Waals surface area contributed by atoms with Gasteiger partial charge in [0.1, 0.15) is 5.52 Å². The van der Waals surface area contributed by atoms with Gasteiger partial charge in [-0.2, -0.15) is 0 Å². The molecule has 0 aliphatic rings. The van der Waals surface area contributed by atoms with Crippen LogP contribution >= 0.6 is 0 Å². The van der Waals surface area contributed by atoms with Crippen molar-refractivity contribution in [2.75, 3.05) is 23.3 Å². The van der Waals surface area contributed by atoms with E-state index in [1.165, 1.54) is 0 Å². The SMILES string of the molecule is CCN(CC)c1ccc(NC(=O)CCn2c3ccccc3c3nc4ccccc4nc32)cc1. The van der Waals surface area contributed by atoms with E-state index < -0.39 is 0 Å². The van der Waals surface area contributed by atoms with Crippen molar-refractivity contribution in [2.45, 2.75) is 26.8 Å². The fraction of sp³-hybridized carbons (Fsp3) is 0.222. The number of benzene rings is 3. The standard InChI is InChI=1S/C27H27N5O/c1-3-31(4-2)20-15-13-19(14-16-20)28-25(33)17-18-32-24-12-8-5-9-21(24)26-27(32)30-23-11-7-6-10-22(23)29-26/h5-16H,3-4,17-18H2,1-2H3,(H,28,33). The van der Waals surface area contributed by atoms with Gasteiger partial charge in [-0.1, -0.05) is 30.3 Å². The highest BCUT2D eigenvalue weighted by atomic mass is 16.1. The number of nitrogens with one attached hydrogen (secondary N) is 1. The van der Waals surface area contributed by atoms with Crippen LogP contribution in [-0.4, -0.2) is 33.5 Å². The van der Waals surface area contributed by atoms with E-state index >= 15 is 0 Å². The molecule has 0 spiro atoms. The number of para-hydroxylation sites is 3. The second kappa shape index (κ2) is 8.90. The summed E-state index contributed by atoms with van der Waals surface area (Å²) in [5, 5.41) is 4.08. The van der Waals surface area contributed by atoms with Gasteiger partial charge in [-0.15, -0.1) is 0 Å². The summed E-state index contributed by atoms with van der Waals surface area (Å²) in [7, 11) is 0. The van der Waals surface area contributed by atoms with Gasteiger partial charge in [-0.05, 0) is 56.3 Å². The van der Waals surface area contributed by atoms with Crippen LogP contribution in [0.25, 0.3) is 33.1 Å². The predicted molar refractivity (Wildman–Crippen MR) is 136 cm³/mol. The Bertz CT molecular complexity index is 1430. The molecule has 0 bridgehead atoms. The number of rotatable bonds is 7. The highest BCUT2D eigenvalue weighted by Gasteiger charge is 2.15. The van der Waals surface area contributed by atoms with Crippen LogP contribution in [0.5, 0.6) is 0 Å². The highest BCUT2D eigenvalue weighted by molar-refractivity contribution is 6.06. The minimum Gasteiger partial charge on any atom is -0.372 e. The summed E-state index contributed by atoms with van der Waals surface area (Å²) in [5.74, 6) is -0.0229. The topological polar surface area (TPSA) is 63.1 Å². The van der Waals surface area contributed by atoms with Gasteiger partial charge in [0.25, 0.3) is 0 Å². The van der Waals surface area contributed by atoms with Gasteiger partial charge in [0.15, 0.2) is 5.65 Å². The molecule has 33 heavy (non-hydrogen) atoms. The summed E-state index contributed by atoms with van der Waals surface area (Å²) in [4.78, 5) is 24.8. The first-order valence-corrected chi connectivity index (χ1v) is 11.5. The Balaban J connectivity index is 1.39. The lowest BCUT2D eigenvalue weighted by Crippen LogP contribution is -2.21. The van der Waals surface area contributed by atoms with E-state index in [4.69, 9.17) is 9.97 Å². The smallest absolute Gasteiger partial charge is 0.226 e. The lowest BCUT2D eigenvalue weighted by molar-refractivity contribution is -0.116. The van der Waals surface area contributed by atoms with Crippen LogP contribution in [0.4, 0.5) is 11.4 Å². The van der Waals surface area contributed by atoms with Crippen LogP contribution in [0, 0.1) is 0 Å². The average molecular weight is 438 g/mol. The average Bonchev–Trinajstić information content (AvgIpc) is 3.15. The van der Waals surface area contributed by atoms with Crippen molar-refractivity contribution in [3.8, 4) is 0 Å². The largest absolute Gasteiger partial charge is 0.372 e. The van der Waals surface area contributed by atoms with Crippen LogP contribution in [0.3, 0.4) is 0 Å². The Kier molecular flexibility index (Phi) is 5.65. The van der Waals surface area contributed by atoms with E-state index in [1.54, 1.807) is 0 Å². The zero-order valence-corrected chi connectivity index (χ0v) is 19.0. The number of fused-ring (bicyclic) bond motifs is 4. The Morgan fingerprint density at radius 2 is 1.55 bits per heavy atom. The summed E-state index contributed by atoms with van der Waals surface area (Å²) in [6.07, 6.45) is 0.347. The number of carbonyl (C=O) groups excluding carboxylic acids is 1. The molecule has 0 radical (unpaired) electrons. The number of carbonyl (C=O) groups is 1. The number of hydrogen-bond donors (Lipinski definition) is 1. The molecule has 0 saturated heterocycles. The molecule has 0 atom stereocenters. The number of nitrogens with zero attached hydrogens (tertiary/aromatic N) is 4. The van der Waals surface area contributed by atoms with Crippen molar-refractivity contribution in [1.29, 1.82) is 0 Å². The van der Waals surface area contributed by atoms with Crippen LogP contribution in [-0.2, 0) is 11.3 Å². The van der Waals surface area contributed by atoms with Gasteiger partial charge < -0.3 is 14.8 Å². The molecule has 2 aromatic heterocycles. The maximum Gasteiger partial charge on any atom is 0.226 e. The second-order valence-electron chi connectivity index (χ2n) is 8.07. The van der Waals surface area contributed by atoms with Gasteiger partial charge in [0, 0.05) is 42.8 Å². The summed E-state index contributed by atoms with van der Waals surface area (Å²) in [6, 6.07) is 24.1. The minimum absolute atomic E-state index is 0.0229. The molecule has 2 heterocycles.